The summed E-state index contributed by atoms with van der Waals surface area (Å²) in [7, 11) is 0. The number of ether oxygens (including phenoxy) is 2. The number of unbranched alkanes of at least 4 members (excludes halogenated alkanes) is 6. The van der Waals surface area contributed by atoms with Crippen LogP contribution in [0.4, 0.5) is 0 Å². The van der Waals surface area contributed by atoms with E-state index in [9.17, 15) is 14.4 Å². The number of hydrogen-bond acceptors (Lipinski definition) is 5. The van der Waals surface area contributed by atoms with Crippen LogP contribution in [0.2, 0.25) is 0 Å². The molecule has 1 aliphatic rings. The van der Waals surface area contributed by atoms with Crippen molar-refractivity contribution in [2.24, 2.45) is 11.8 Å². The van der Waals surface area contributed by atoms with Crippen LogP contribution < -0.4 is 5.32 Å². The van der Waals surface area contributed by atoms with Gasteiger partial charge >= 0.3 is 11.9 Å². The number of esters is 2. The Morgan fingerprint density at radius 2 is 1.74 bits per heavy atom. The summed E-state index contributed by atoms with van der Waals surface area (Å²) in [5, 5.41) is 2.59. The predicted octanol–water partition coefficient (Wildman–Crippen LogP) is 6.43. The highest BCUT2D eigenvalue weighted by atomic mass is 16.6. The summed E-state index contributed by atoms with van der Waals surface area (Å²) in [6.07, 6.45) is 21.0. The minimum absolute atomic E-state index is 0.109. The third-order valence-corrected chi connectivity index (χ3v) is 6.41. The first-order chi connectivity index (χ1) is 16.9. The third-order valence-electron chi connectivity index (χ3n) is 6.41. The lowest BCUT2D eigenvalue weighted by atomic mass is 9.87. The number of rotatable bonds is 21. The molecule has 0 saturated carbocycles. The van der Waals surface area contributed by atoms with E-state index in [4.69, 9.17) is 9.47 Å². The summed E-state index contributed by atoms with van der Waals surface area (Å²) >= 11 is 0. The van der Waals surface area contributed by atoms with Crippen molar-refractivity contribution in [1.82, 2.24) is 5.32 Å². The van der Waals surface area contributed by atoms with Crippen molar-refractivity contribution in [2.45, 2.75) is 129 Å². The Bertz CT molecular complexity index is 657. The molecule has 1 N–H and O–H groups in total. The van der Waals surface area contributed by atoms with Crippen LogP contribution in [0.5, 0.6) is 0 Å². The van der Waals surface area contributed by atoms with Gasteiger partial charge in [-0.3, -0.25) is 9.59 Å². The Morgan fingerprint density at radius 1 is 1.03 bits per heavy atom. The molecule has 1 rings (SSSR count). The zero-order chi connectivity index (χ0) is 25.9. The van der Waals surface area contributed by atoms with Gasteiger partial charge in [0.1, 0.15) is 18.2 Å². The fourth-order valence-electron chi connectivity index (χ4n) is 4.34. The van der Waals surface area contributed by atoms with E-state index in [0.29, 0.717) is 25.7 Å². The van der Waals surface area contributed by atoms with Crippen molar-refractivity contribution < 1.29 is 23.9 Å². The van der Waals surface area contributed by atoms with Crippen molar-refractivity contribution in [3.8, 4) is 0 Å². The molecule has 1 heterocycles. The summed E-state index contributed by atoms with van der Waals surface area (Å²) < 4.78 is 11.3. The van der Waals surface area contributed by atoms with Gasteiger partial charge in [0.2, 0.25) is 6.41 Å². The van der Waals surface area contributed by atoms with Crippen LogP contribution in [-0.4, -0.2) is 36.6 Å². The van der Waals surface area contributed by atoms with Gasteiger partial charge in [-0.1, -0.05) is 90.5 Å². The lowest BCUT2D eigenvalue weighted by molar-refractivity contribution is -0.190. The van der Waals surface area contributed by atoms with Gasteiger partial charge < -0.3 is 14.8 Å². The van der Waals surface area contributed by atoms with Gasteiger partial charge in [-0.05, 0) is 38.0 Å². The van der Waals surface area contributed by atoms with Gasteiger partial charge in [0.05, 0.1) is 5.92 Å². The monoisotopic (exact) mass is 491 g/mol. The molecule has 1 saturated heterocycles. The standard InChI is InChI=1S/C29H49NO5/c1-5-7-9-11-12-13-14-15-16-18-24(34-29(33)26(30-22-31)20-23(3)4)21-27-25(28(32)35-27)19-17-10-8-6-2/h12-13,15-16,22-27H,5-11,14,17-21H2,1-4H3,(H,30,31)/b13-12+,16-15+/t24-,25-,26-,27-/m0/s1. The molecule has 0 spiro atoms. The van der Waals surface area contributed by atoms with E-state index in [2.05, 4.69) is 37.4 Å². The molecule has 0 aromatic rings. The van der Waals surface area contributed by atoms with E-state index >= 15 is 0 Å². The zero-order valence-electron chi connectivity index (χ0n) is 22.5. The number of carbonyl (C=O) groups is 3. The predicted molar refractivity (Wildman–Crippen MR) is 141 cm³/mol. The van der Waals surface area contributed by atoms with E-state index in [1.165, 1.54) is 25.7 Å². The highest BCUT2D eigenvalue weighted by Crippen LogP contribution is 2.32. The van der Waals surface area contributed by atoms with Crippen LogP contribution >= 0.6 is 0 Å². The molecule has 1 aliphatic heterocycles. The highest BCUT2D eigenvalue weighted by molar-refractivity contribution is 5.79. The molecule has 35 heavy (non-hydrogen) atoms. The molecular weight excluding hydrogens is 442 g/mol. The highest BCUT2D eigenvalue weighted by Gasteiger charge is 2.43. The molecule has 0 aliphatic carbocycles. The maximum atomic E-state index is 12.8. The number of cyclic esters (lactones) is 1. The van der Waals surface area contributed by atoms with Crippen molar-refractivity contribution >= 4 is 18.3 Å². The van der Waals surface area contributed by atoms with Gasteiger partial charge in [-0.2, -0.15) is 0 Å². The van der Waals surface area contributed by atoms with Crippen LogP contribution in [0.3, 0.4) is 0 Å². The molecule has 4 atom stereocenters. The van der Waals surface area contributed by atoms with Crippen molar-refractivity contribution in [3.05, 3.63) is 24.3 Å². The summed E-state index contributed by atoms with van der Waals surface area (Å²) in [5.74, 6) is -0.434. The number of hydrogen-bond donors (Lipinski definition) is 1. The third kappa shape index (κ3) is 13.5. The van der Waals surface area contributed by atoms with Gasteiger partial charge in [0.15, 0.2) is 0 Å². The molecular formula is C29H49NO5. The lowest BCUT2D eigenvalue weighted by Crippen LogP contribution is -2.48. The lowest BCUT2D eigenvalue weighted by Gasteiger charge is -2.37. The summed E-state index contributed by atoms with van der Waals surface area (Å²) in [5.41, 5.74) is 0. The van der Waals surface area contributed by atoms with Crippen molar-refractivity contribution in [3.63, 3.8) is 0 Å². The zero-order valence-corrected chi connectivity index (χ0v) is 22.5. The first kappa shape index (κ1) is 30.9. The Kier molecular flexibility index (Phi) is 16.9. The fourth-order valence-corrected chi connectivity index (χ4v) is 4.34. The molecule has 1 amide bonds. The smallest absolute Gasteiger partial charge is 0.328 e. The van der Waals surface area contributed by atoms with Crippen molar-refractivity contribution in [1.29, 1.82) is 0 Å². The number of amides is 1. The van der Waals surface area contributed by atoms with Gasteiger partial charge in [0, 0.05) is 12.8 Å². The molecule has 6 nitrogen and oxygen atoms in total. The number of carbonyl (C=O) groups excluding carboxylic acids is 3. The molecule has 200 valence electrons. The largest absolute Gasteiger partial charge is 0.461 e. The Hall–Kier alpha value is -2.11. The van der Waals surface area contributed by atoms with Gasteiger partial charge in [-0.25, -0.2) is 4.79 Å². The Morgan fingerprint density at radius 3 is 2.40 bits per heavy atom. The summed E-state index contributed by atoms with van der Waals surface area (Å²) in [6.45, 7) is 8.37. The van der Waals surface area contributed by atoms with Crippen molar-refractivity contribution in [2.75, 3.05) is 0 Å². The minimum atomic E-state index is -0.668. The van der Waals surface area contributed by atoms with Crippen LogP contribution in [0.1, 0.15) is 111 Å². The Balaban J connectivity index is 2.70. The average Bonchev–Trinajstić information content (AvgIpc) is 2.81. The van der Waals surface area contributed by atoms with Gasteiger partial charge in [-0.15, -0.1) is 0 Å². The van der Waals surface area contributed by atoms with Gasteiger partial charge in [0.25, 0.3) is 0 Å². The number of allylic oxidation sites excluding steroid dienone is 3. The summed E-state index contributed by atoms with van der Waals surface area (Å²) in [4.78, 5) is 35.9. The van der Waals surface area contributed by atoms with E-state index in [-0.39, 0.29) is 23.9 Å². The normalized spacial score (nSPS) is 19.5. The van der Waals surface area contributed by atoms with Crippen LogP contribution in [0.15, 0.2) is 24.3 Å². The molecule has 1 fully saturated rings. The summed E-state index contributed by atoms with van der Waals surface area (Å²) in [6, 6.07) is -0.668. The second-order valence-corrected chi connectivity index (χ2v) is 10.1. The SMILES string of the molecule is CCCCC/C=C/C/C=C/C[C@@H](C[C@@H]1OC(=O)[C@H]1CCCCCC)OC(=O)[C@H](CC(C)C)NC=O. The van der Waals surface area contributed by atoms with Crippen LogP contribution in [-0.2, 0) is 23.9 Å². The first-order valence-corrected chi connectivity index (χ1v) is 13.8. The van der Waals surface area contributed by atoms with Crippen LogP contribution in [0, 0.1) is 11.8 Å². The molecule has 0 radical (unpaired) electrons. The maximum absolute atomic E-state index is 12.8. The number of nitrogens with one attached hydrogen (secondary N) is 1. The quantitative estimate of drug-likeness (QED) is 0.0865. The van der Waals surface area contributed by atoms with E-state index < -0.39 is 18.1 Å². The van der Waals surface area contributed by atoms with E-state index in [1.54, 1.807) is 0 Å². The molecule has 0 aromatic heterocycles. The topological polar surface area (TPSA) is 81.7 Å². The first-order valence-electron chi connectivity index (χ1n) is 13.8. The van der Waals surface area contributed by atoms with Crippen LogP contribution in [0.25, 0.3) is 0 Å². The fraction of sp³-hybridized carbons (Fsp3) is 0.759. The molecule has 6 heteroatoms. The molecule has 0 unspecified atom stereocenters. The maximum Gasteiger partial charge on any atom is 0.328 e. The average molecular weight is 492 g/mol. The van der Waals surface area contributed by atoms with E-state index in [1.807, 2.05) is 19.9 Å². The second kappa shape index (κ2) is 19.1. The molecule has 0 bridgehead atoms. The minimum Gasteiger partial charge on any atom is -0.461 e. The molecule has 0 aromatic carbocycles. The Labute approximate surface area is 213 Å². The van der Waals surface area contributed by atoms with E-state index in [0.717, 1.165) is 38.5 Å². The second-order valence-electron chi connectivity index (χ2n) is 10.1.